The first kappa shape index (κ1) is 19.1. The zero-order valence-electron chi connectivity index (χ0n) is 13.8. The van der Waals surface area contributed by atoms with Gasteiger partial charge in [-0.3, -0.25) is 10.1 Å². The first-order chi connectivity index (χ1) is 12.5. The minimum absolute atomic E-state index is 0.0223. The number of hydrogen-bond acceptors (Lipinski definition) is 7. The van der Waals surface area contributed by atoms with E-state index in [1.165, 1.54) is 30.6 Å². The molecule has 0 spiro atoms. The number of carbonyl (C=O) groups is 4. The predicted octanol–water partition coefficient (Wildman–Crippen LogP) is 1.72. The SMILES string of the molecule is COC(=O)c1ccccc1C(=O)OCC(=O)NC(=O)NCc1cccs1. The van der Waals surface area contributed by atoms with Gasteiger partial charge in [-0.05, 0) is 23.6 Å². The van der Waals surface area contributed by atoms with Gasteiger partial charge in [0.25, 0.3) is 5.91 Å². The molecule has 136 valence electrons. The Kier molecular flexibility index (Phi) is 6.86. The molecule has 3 amide bonds. The Bertz CT molecular complexity index is 803. The average Bonchev–Trinajstić information content (AvgIpc) is 3.17. The van der Waals surface area contributed by atoms with Gasteiger partial charge >= 0.3 is 18.0 Å². The monoisotopic (exact) mass is 376 g/mol. The number of thiophene rings is 1. The van der Waals surface area contributed by atoms with Crippen LogP contribution in [-0.4, -0.2) is 37.6 Å². The van der Waals surface area contributed by atoms with E-state index in [2.05, 4.69) is 10.1 Å². The van der Waals surface area contributed by atoms with Crippen molar-refractivity contribution in [1.29, 1.82) is 0 Å². The summed E-state index contributed by atoms with van der Waals surface area (Å²) in [7, 11) is 1.19. The highest BCUT2D eigenvalue weighted by Crippen LogP contribution is 2.11. The minimum atomic E-state index is -0.875. The fourth-order valence-electron chi connectivity index (χ4n) is 1.95. The number of amides is 3. The number of benzene rings is 1. The van der Waals surface area contributed by atoms with Crippen LogP contribution in [0.3, 0.4) is 0 Å². The summed E-state index contributed by atoms with van der Waals surface area (Å²) in [6.45, 7) is -0.385. The van der Waals surface area contributed by atoms with Crippen LogP contribution in [-0.2, 0) is 20.8 Å². The predicted molar refractivity (Wildman–Crippen MR) is 92.8 cm³/mol. The summed E-state index contributed by atoms with van der Waals surface area (Å²) >= 11 is 1.47. The summed E-state index contributed by atoms with van der Waals surface area (Å²) in [6, 6.07) is 8.87. The van der Waals surface area contributed by atoms with Gasteiger partial charge in [0.15, 0.2) is 6.61 Å². The first-order valence-electron chi connectivity index (χ1n) is 7.45. The summed E-state index contributed by atoms with van der Waals surface area (Å²) in [5.41, 5.74) is -0.0107. The normalized spacial score (nSPS) is 9.88. The van der Waals surface area contributed by atoms with Gasteiger partial charge in [0, 0.05) is 4.88 Å². The number of carbonyl (C=O) groups excluding carboxylic acids is 4. The summed E-state index contributed by atoms with van der Waals surface area (Å²) in [6.07, 6.45) is 0. The molecule has 26 heavy (non-hydrogen) atoms. The maximum Gasteiger partial charge on any atom is 0.339 e. The van der Waals surface area contributed by atoms with Crippen LogP contribution in [0.25, 0.3) is 0 Å². The van der Waals surface area contributed by atoms with E-state index in [0.717, 1.165) is 4.88 Å². The van der Waals surface area contributed by atoms with Crippen LogP contribution in [0, 0.1) is 0 Å². The van der Waals surface area contributed by atoms with Gasteiger partial charge in [-0.2, -0.15) is 0 Å². The molecule has 0 radical (unpaired) electrons. The maximum atomic E-state index is 12.0. The first-order valence-corrected chi connectivity index (χ1v) is 8.33. The summed E-state index contributed by atoms with van der Waals surface area (Å²) < 4.78 is 9.42. The third kappa shape index (κ3) is 5.42. The Morgan fingerprint density at radius 1 is 1.00 bits per heavy atom. The van der Waals surface area contributed by atoms with Crippen LogP contribution in [0.5, 0.6) is 0 Å². The van der Waals surface area contributed by atoms with Crippen LogP contribution in [0.1, 0.15) is 25.6 Å². The van der Waals surface area contributed by atoms with Gasteiger partial charge in [0.05, 0.1) is 24.8 Å². The molecule has 2 rings (SSSR count). The fraction of sp³-hybridized carbons (Fsp3) is 0.176. The van der Waals surface area contributed by atoms with Crippen molar-refractivity contribution < 1.29 is 28.7 Å². The second-order valence-electron chi connectivity index (χ2n) is 4.92. The van der Waals surface area contributed by atoms with Crippen molar-refractivity contribution in [2.75, 3.05) is 13.7 Å². The highest BCUT2D eigenvalue weighted by molar-refractivity contribution is 7.09. The second kappa shape index (κ2) is 9.33. The molecule has 0 aliphatic heterocycles. The Balaban J connectivity index is 1.82. The lowest BCUT2D eigenvalue weighted by Gasteiger charge is -2.09. The van der Waals surface area contributed by atoms with E-state index < -0.39 is 30.5 Å². The van der Waals surface area contributed by atoms with Crippen molar-refractivity contribution in [3.05, 3.63) is 57.8 Å². The summed E-state index contributed by atoms with van der Waals surface area (Å²) in [5, 5.41) is 6.42. The van der Waals surface area contributed by atoms with Crippen molar-refractivity contribution in [3.8, 4) is 0 Å². The molecule has 0 unspecified atom stereocenters. The third-order valence-corrected chi connectivity index (χ3v) is 4.02. The van der Waals surface area contributed by atoms with E-state index in [9.17, 15) is 19.2 Å². The van der Waals surface area contributed by atoms with Crippen molar-refractivity contribution in [3.63, 3.8) is 0 Å². The van der Waals surface area contributed by atoms with Crippen LogP contribution >= 0.6 is 11.3 Å². The standard InChI is InChI=1S/C17H16N2O6S/c1-24-15(21)12-6-2-3-7-13(12)16(22)25-10-14(20)19-17(23)18-9-11-5-4-8-26-11/h2-8H,9-10H2,1H3,(H2,18,19,20,23). The second-order valence-corrected chi connectivity index (χ2v) is 5.96. The maximum absolute atomic E-state index is 12.0. The van der Waals surface area contributed by atoms with Gasteiger partial charge in [-0.25, -0.2) is 14.4 Å². The molecule has 1 aromatic heterocycles. The highest BCUT2D eigenvalue weighted by atomic mass is 32.1. The van der Waals surface area contributed by atoms with E-state index in [-0.39, 0.29) is 17.7 Å². The Hall–Kier alpha value is -3.20. The number of ether oxygens (including phenoxy) is 2. The summed E-state index contributed by atoms with van der Waals surface area (Å²) in [5.74, 6) is -2.37. The molecule has 8 nitrogen and oxygen atoms in total. The van der Waals surface area contributed by atoms with Crippen LogP contribution in [0.15, 0.2) is 41.8 Å². The van der Waals surface area contributed by atoms with E-state index in [1.54, 1.807) is 12.1 Å². The molecule has 0 aliphatic carbocycles. The number of rotatable bonds is 6. The van der Waals surface area contributed by atoms with Crippen molar-refractivity contribution in [2.24, 2.45) is 0 Å². The van der Waals surface area contributed by atoms with Crippen molar-refractivity contribution in [1.82, 2.24) is 10.6 Å². The minimum Gasteiger partial charge on any atom is -0.465 e. The zero-order chi connectivity index (χ0) is 18.9. The molecule has 9 heteroatoms. The highest BCUT2D eigenvalue weighted by Gasteiger charge is 2.19. The largest absolute Gasteiger partial charge is 0.465 e. The molecule has 0 atom stereocenters. The number of esters is 2. The molecule has 1 aromatic carbocycles. The molecule has 0 bridgehead atoms. The lowest BCUT2D eigenvalue weighted by molar-refractivity contribution is -0.123. The van der Waals surface area contributed by atoms with E-state index in [1.807, 2.05) is 22.8 Å². The van der Waals surface area contributed by atoms with Crippen molar-refractivity contribution >= 4 is 35.2 Å². The topological polar surface area (TPSA) is 111 Å². The smallest absolute Gasteiger partial charge is 0.339 e. The fourth-order valence-corrected chi connectivity index (χ4v) is 2.59. The average molecular weight is 376 g/mol. The Labute approximate surface area is 153 Å². The van der Waals surface area contributed by atoms with Gasteiger partial charge in [-0.15, -0.1) is 11.3 Å². The molecule has 2 aromatic rings. The van der Waals surface area contributed by atoms with E-state index >= 15 is 0 Å². The number of methoxy groups -OCH3 is 1. The van der Waals surface area contributed by atoms with Crippen LogP contribution in [0.2, 0.25) is 0 Å². The lowest BCUT2D eigenvalue weighted by atomic mass is 10.1. The number of imide groups is 1. The van der Waals surface area contributed by atoms with Gasteiger partial charge in [-0.1, -0.05) is 18.2 Å². The Morgan fingerprint density at radius 3 is 2.31 bits per heavy atom. The van der Waals surface area contributed by atoms with E-state index in [4.69, 9.17) is 4.74 Å². The molecule has 2 N–H and O–H groups in total. The molecule has 0 aliphatic rings. The number of hydrogen-bond donors (Lipinski definition) is 2. The molecular formula is C17H16N2O6S. The lowest BCUT2D eigenvalue weighted by Crippen LogP contribution is -2.41. The number of urea groups is 1. The molecule has 0 saturated heterocycles. The third-order valence-electron chi connectivity index (χ3n) is 3.14. The number of nitrogens with one attached hydrogen (secondary N) is 2. The molecule has 0 saturated carbocycles. The molecule has 1 heterocycles. The van der Waals surface area contributed by atoms with Crippen LogP contribution < -0.4 is 10.6 Å². The molecule has 0 fully saturated rings. The zero-order valence-corrected chi connectivity index (χ0v) is 14.6. The van der Waals surface area contributed by atoms with Gasteiger partial charge < -0.3 is 14.8 Å². The van der Waals surface area contributed by atoms with E-state index in [0.29, 0.717) is 0 Å². The van der Waals surface area contributed by atoms with Gasteiger partial charge in [0.1, 0.15) is 0 Å². The Morgan fingerprint density at radius 2 is 1.69 bits per heavy atom. The van der Waals surface area contributed by atoms with Crippen LogP contribution in [0.4, 0.5) is 4.79 Å². The van der Waals surface area contributed by atoms with Gasteiger partial charge in [0.2, 0.25) is 0 Å². The molecular weight excluding hydrogens is 360 g/mol. The quantitative estimate of drug-likeness (QED) is 0.743. The summed E-state index contributed by atoms with van der Waals surface area (Å²) in [4.78, 5) is 47.9. The van der Waals surface area contributed by atoms with Crippen molar-refractivity contribution in [2.45, 2.75) is 6.54 Å².